The minimum atomic E-state index is 0. The Morgan fingerprint density at radius 3 is 2.75 bits per heavy atom. The zero-order chi connectivity index (χ0) is 16.5. The first-order valence-corrected chi connectivity index (χ1v) is 9.06. The minimum absolute atomic E-state index is 0. The van der Waals surface area contributed by atoms with Crippen molar-refractivity contribution in [1.29, 1.82) is 0 Å². The highest BCUT2D eigenvalue weighted by molar-refractivity contribution is 14.0. The Hall–Kier alpha value is -0.850. The third-order valence-corrected chi connectivity index (χ3v) is 4.88. The number of pyridine rings is 1. The molecule has 4 nitrogen and oxygen atoms in total. The van der Waals surface area contributed by atoms with Crippen LogP contribution in [-0.4, -0.2) is 24.0 Å². The first kappa shape index (κ1) is 21.2. The van der Waals surface area contributed by atoms with Crippen LogP contribution in [0.4, 0.5) is 0 Å². The van der Waals surface area contributed by atoms with Crippen molar-refractivity contribution in [2.45, 2.75) is 71.4 Å². The lowest BCUT2D eigenvalue weighted by Crippen LogP contribution is -2.42. The molecule has 0 saturated heterocycles. The average molecular weight is 444 g/mol. The smallest absolute Gasteiger partial charge is 0.191 e. The van der Waals surface area contributed by atoms with Gasteiger partial charge in [-0.1, -0.05) is 38.2 Å². The fourth-order valence-electron chi connectivity index (χ4n) is 3.33. The molecule has 1 unspecified atom stereocenters. The molecule has 1 aromatic heterocycles. The Balaban J connectivity index is 0.00000288. The summed E-state index contributed by atoms with van der Waals surface area (Å²) in [5.41, 5.74) is 2.28. The molecule has 0 spiro atoms. The van der Waals surface area contributed by atoms with Gasteiger partial charge in [-0.3, -0.25) is 9.98 Å². The van der Waals surface area contributed by atoms with E-state index in [1.807, 2.05) is 19.3 Å². The summed E-state index contributed by atoms with van der Waals surface area (Å²) in [5.74, 6) is 1.81. The van der Waals surface area contributed by atoms with Crippen molar-refractivity contribution < 1.29 is 0 Å². The van der Waals surface area contributed by atoms with Gasteiger partial charge >= 0.3 is 0 Å². The standard InChI is InChI=1S/C19H32N4.HI/c1-15-8-7-13-21-18(15)14-22-19(20-3)23-16(2)11-12-17-9-5-4-6-10-17;/h7-8,13,16-17H,4-6,9-12,14H2,1-3H3,(H2,20,22,23);1H. The van der Waals surface area contributed by atoms with Crippen LogP contribution < -0.4 is 10.6 Å². The zero-order valence-electron chi connectivity index (χ0n) is 15.3. The van der Waals surface area contributed by atoms with Gasteiger partial charge in [-0.15, -0.1) is 24.0 Å². The van der Waals surface area contributed by atoms with Crippen LogP contribution in [0.15, 0.2) is 23.3 Å². The summed E-state index contributed by atoms with van der Waals surface area (Å²) in [6, 6.07) is 4.51. The number of hydrogen-bond acceptors (Lipinski definition) is 2. The normalized spacial score (nSPS) is 17.0. The fourth-order valence-corrected chi connectivity index (χ4v) is 3.33. The molecular formula is C19H33IN4. The highest BCUT2D eigenvalue weighted by atomic mass is 127. The molecule has 0 amide bonds. The van der Waals surface area contributed by atoms with E-state index >= 15 is 0 Å². The summed E-state index contributed by atoms with van der Waals surface area (Å²) in [7, 11) is 1.83. The third kappa shape index (κ3) is 7.36. The Morgan fingerprint density at radius 1 is 1.33 bits per heavy atom. The highest BCUT2D eigenvalue weighted by Gasteiger charge is 2.15. The maximum atomic E-state index is 4.42. The number of nitrogens with one attached hydrogen (secondary N) is 2. The molecule has 1 saturated carbocycles. The molecule has 1 heterocycles. The number of rotatable bonds is 6. The van der Waals surface area contributed by atoms with E-state index in [-0.39, 0.29) is 24.0 Å². The van der Waals surface area contributed by atoms with Crippen LogP contribution in [0.5, 0.6) is 0 Å². The molecule has 0 radical (unpaired) electrons. The predicted octanol–water partition coefficient (Wildman–Crippen LogP) is 4.42. The molecule has 1 aromatic rings. The van der Waals surface area contributed by atoms with Gasteiger partial charge in [-0.25, -0.2) is 0 Å². The molecule has 1 fully saturated rings. The molecule has 2 rings (SSSR count). The summed E-state index contributed by atoms with van der Waals surface area (Å²) in [6.07, 6.45) is 11.6. The molecule has 0 aliphatic heterocycles. The quantitative estimate of drug-likeness (QED) is 0.388. The second kappa shape index (κ2) is 11.7. The Labute approximate surface area is 164 Å². The van der Waals surface area contributed by atoms with Crippen LogP contribution in [0, 0.1) is 12.8 Å². The van der Waals surface area contributed by atoms with Crippen LogP contribution in [0.25, 0.3) is 0 Å². The molecule has 24 heavy (non-hydrogen) atoms. The maximum absolute atomic E-state index is 4.42. The van der Waals surface area contributed by atoms with Crippen molar-refractivity contribution in [2.75, 3.05) is 7.05 Å². The van der Waals surface area contributed by atoms with E-state index in [0.29, 0.717) is 12.6 Å². The minimum Gasteiger partial charge on any atom is -0.354 e. The van der Waals surface area contributed by atoms with Crippen molar-refractivity contribution in [2.24, 2.45) is 10.9 Å². The molecule has 2 N–H and O–H groups in total. The van der Waals surface area contributed by atoms with Crippen molar-refractivity contribution in [1.82, 2.24) is 15.6 Å². The average Bonchev–Trinajstić information content (AvgIpc) is 2.59. The van der Waals surface area contributed by atoms with Gasteiger partial charge in [0.25, 0.3) is 0 Å². The van der Waals surface area contributed by atoms with E-state index in [1.165, 1.54) is 50.5 Å². The van der Waals surface area contributed by atoms with E-state index < -0.39 is 0 Å². The van der Waals surface area contributed by atoms with E-state index in [1.54, 1.807) is 0 Å². The fraction of sp³-hybridized carbons (Fsp3) is 0.684. The van der Waals surface area contributed by atoms with Gasteiger partial charge in [0.2, 0.25) is 0 Å². The van der Waals surface area contributed by atoms with Crippen LogP contribution in [-0.2, 0) is 6.54 Å². The molecule has 1 aliphatic rings. The zero-order valence-corrected chi connectivity index (χ0v) is 17.7. The summed E-state index contributed by atoms with van der Waals surface area (Å²) in [5, 5.41) is 6.88. The Kier molecular flexibility index (Phi) is 10.3. The van der Waals surface area contributed by atoms with Crippen LogP contribution in [0.3, 0.4) is 0 Å². The Morgan fingerprint density at radius 2 is 2.08 bits per heavy atom. The first-order chi connectivity index (χ1) is 11.2. The second-order valence-corrected chi connectivity index (χ2v) is 6.82. The van der Waals surface area contributed by atoms with Crippen LogP contribution >= 0.6 is 24.0 Å². The van der Waals surface area contributed by atoms with Gasteiger partial charge in [0.1, 0.15) is 0 Å². The van der Waals surface area contributed by atoms with E-state index in [9.17, 15) is 0 Å². The largest absolute Gasteiger partial charge is 0.354 e. The SMILES string of the molecule is CN=C(NCc1ncccc1C)NC(C)CCC1CCCCC1.I. The lowest BCUT2D eigenvalue weighted by molar-refractivity contribution is 0.322. The van der Waals surface area contributed by atoms with Gasteiger partial charge in [0.05, 0.1) is 12.2 Å². The third-order valence-electron chi connectivity index (χ3n) is 4.88. The molecule has 136 valence electrons. The van der Waals surface area contributed by atoms with Crippen molar-refractivity contribution in [3.63, 3.8) is 0 Å². The summed E-state index contributed by atoms with van der Waals surface area (Å²) in [6.45, 7) is 5.05. The summed E-state index contributed by atoms with van der Waals surface area (Å²) in [4.78, 5) is 8.75. The van der Waals surface area contributed by atoms with E-state index in [4.69, 9.17) is 0 Å². The molecule has 0 bridgehead atoms. The number of halogens is 1. The molecule has 1 atom stereocenters. The van der Waals surface area contributed by atoms with Crippen molar-refractivity contribution in [3.8, 4) is 0 Å². The van der Waals surface area contributed by atoms with Gasteiger partial charge < -0.3 is 10.6 Å². The highest BCUT2D eigenvalue weighted by Crippen LogP contribution is 2.27. The van der Waals surface area contributed by atoms with Gasteiger partial charge in [0, 0.05) is 19.3 Å². The van der Waals surface area contributed by atoms with Gasteiger partial charge in [0.15, 0.2) is 5.96 Å². The summed E-state index contributed by atoms with van der Waals surface area (Å²) < 4.78 is 0. The number of aryl methyl sites for hydroxylation is 1. The first-order valence-electron chi connectivity index (χ1n) is 9.06. The lowest BCUT2D eigenvalue weighted by atomic mass is 9.85. The van der Waals surface area contributed by atoms with Gasteiger partial charge in [-0.2, -0.15) is 0 Å². The number of aromatic nitrogens is 1. The van der Waals surface area contributed by atoms with Gasteiger partial charge in [-0.05, 0) is 44.2 Å². The molecule has 1 aliphatic carbocycles. The Bertz CT molecular complexity index is 498. The number of nitrogens with zero attached hydrogens (tertiary/aromatic N) is 2. The number of aliphatic imine (C=N–C) groups is 1. The van der Waals surface area contributed by atoms with Crippen LogP contribution in [0.1, 0.15) is 63.1 Å². The van der Waals surface area contributed by atoms with Crippen LogP contribution in [0.2, 0.25) is 0 Å². The number of hydrogen-bond donors (Lipinski definition) is 2. The molecule has 0 aromatic carbocycles. The monoisotopic (exact) mass is 444 g/mol. The summed E-state index contributed by atoms with van der Waals surface area (Å²) >= 11 is 0. The molecular weight excluding hydrogens is 411 g/mol. The topological polar surface area (TPSA) is 49.3 Å². The van der Waals surface area contributed by atoms with Crippen molar-refractivity contribution >= 4 is 29.9 Å². The maximum Gasteiger partial charge on any atom is 0.191 e. The predicted molar refractivity (Wildman–Crippen MR) is 113 cm³/mol. The lowest BCUT2D eigenvalue weighted by Gasteiger charge is -2.24. The van der Waals surface area contributed by atoms with E-state index in [0.717, 1.165) is 17.6 Å². The second-order valence-electron chi connectivity index (χ2n) is 6.82. The van der Waals surface area contributed by atoms with E-state index in [2.05, 4.69) is 40.5 Å². The number of guanidine groups is 1. The molecule has 5 heteroatoms. The van der Waals surface area contributed by atoms with Crippen molar-refractivity contribution in [3.05, 3.63) is 29.6 Å².